The van der Waals surface area contributed by atoms with E-state index >= 15 is 0 Å². The fraction of sp³-hybridized carbons (Fsp3) is 0.480. The molecule has 0 saturated carbocycles. The molecule has 1 aliphatic rings. The Morgan fingerprint density at radius 3 is 2.06 bits per heavy atom. The molecule has 2 aromatic rings. The summed E-state index contributed by atoms with van der Waals surface area (Å²) in [6, 6.07) is 12.0. The number of amides is 1. The molecule has 10 heteroatoms. The maximum absolute atomic E-state index is 13.1. The van der Waals surface area contributed by atoms with E-state index in [0.29, 0.717) is 31.9 Å². The van der Waals surface area contributed by atoms with Crippen molar-refractivity contribution in [3.8, 4) is 0 Å². The fourth-order valence-corrected chi connectivity index (χ4v) is 7.04. The van der Waals surface area contributed by atoms with E-state index in [4.69, 9.17) is 0 Å². The monoisotopic (exact) mass is 521 g/mol. The van der Waals surface area contributed by atoms with Crippen LogP contribution < -0.4 is 5.32 Å². The van der Waals surface area contributed by atoms with E-state index in [9.17, 15) is 21.6 Å². The first-order valence-electron chi connectivity index (χ1n) is 12.2. The minimum atomic E-state index is -3.63. The molecule has 0 bridgehead atoms. The largest absolute Gasteiger partial charge is 0.322 e. The van der Waals surface area contributed by atoms with Gasteiger partial charge in [-0.05, 0) is 68.1 Å². The first-order valence-corrected chi connectivity index (χ1v) is 15.1. The van der Waals surface area contributed by atoms with Crippen LogP contribution in [0.1, 0.15) is 62.7 Å². The van der Waals surface area contributed by atoms with Gasteiger partial charge in [-0.25, -0.2) is 16.8 Å². The van der Waals surface area contributed by atoms with Crippen molar-refractivity contribution in [1.82, 2.24) is 8.61 Å². The van der Waals surface area contributed by atoms with E-state index in [0.717, 1.165) is 38.5 Å². The van der Waals surface area contributed by atoms with Crippen molar-refractivity contribution in [3.05, 3.63) is 54.1 Å². The summed E-state index contributed by atoms with van der Waals surface area (Å²) in [7, 11) is -7.25. The molecule has 0 unspecified atom stereocenters. The quantitative estimate of drug-likeness (QED) is 0.448. The van der Waals surface area contributed by atoms with Crippen LogP contribution >= 0.6 is 0 Å². The zero-order valence-electron chi connectivity index (χ0n) is 20.4. The van der Waals surface area contributed by atoms with E-state index in [2.05, 4.69) is 5.32 Å². The number of rotatable bonds is 12. The molecule has 0 aromatic heterocycles. The van der Waals surface area contributed by atoms with Crippen molar-refractivity contribution in [2.75, 3.05) is 31.5 Å². The third kappa shape index (κ3) is 6.69. The van der Waals surface area contributed by atoms with E-state index in [1.807, 2.05) is 13.8 Å². The lowest BCUT2D eigenvalue weighted by Crippen LogP contribution is -2.33. The number of nitrogens with one attached hydrogen (secondary N) is 1. The zero-order chi connectivity index (χ0) is 25.5. The predicted octanol–water partition coefficient (Wildman–Crippen LogP) is 4.31. The summed E-state index contributed by atoms with van der Waals surface area (Å²) < 4.78 is 54.8. The Morgan fingerprint density at radius 1 is 0.886 bits per heavy atom. The Balaban J connectivity index is 1.73. The molecule has 3 rings (SSSR count). The van der Waals surface area contributed by atoms with Gasteiger partial charge in [0.15, 0.2) is 0 Å². The predicted molar refractivity (Wildman–Crippen MR) is 137 cm³/mol. The van der Waals surface area contributed by atoms with Crippen LogP contribution in [0.5, 0.6) is 0 Å². The highest BCUT2D eigenvalue weighted by Crippen LogP contribution is 2.23. The molecule has 0 spiro atoms. The van der Waals surface area contributed by atoms with Crippen molar-refractivity contribution in [2.45, 2.75) is 62.2 Å². The van der Waals surface area contributed by atoms with Crippen molar-refractivity contribution in [1.29, 1.82) is 0 Å². The third-order valence-electron chi connectivity index (χ3n) is 6.07. The van der Waals surface area contributed by atoms with E-state index in [1.165, 1.54) is 32.9 Å². The van der Waals surface area contributed by atoms with Crippen LogP contribution in [0.2, 0.25) is 0 Å². The molecule has 35 heavy (non-hydrogen) atoms. The summed E-state index contributed by atoms with van der Waals surface area (Å²) in [6.07, 6.45) is 5.07. The second-order valence-corrected chi connectivity index (χ2v) is 12.6. The van der Waals surface area contributed by atoms with Gasteiger partial charge in [-0.15, -0.1) is 0 Å². The van der Waals surface area contributed by atoms with Gasteiger partial charge in [0.1, 0.15) is 0 Å². The van der Waals surface area contributed by atoms with Gasteiger partial charge in [0.25, 0.3) is 5.91 Å². The summed E-state index contributed by atoms with van der Waals surface area (Å²) in [6.45, 7) is 5.99. The fourth-order valence-electron chi connectivity index (χ4n) is 3.96. The molecule has 0 atom stereocenters. The SMILES string of the molecule is CCCCN(CCCC)S(=O)(=O)c1ccc(NC(=O)c2cccc(S(=O)(=O)N3CCCC3)c2)cc1. The number of nitrogens with zero attached hydrogens (tertiary/aromatic N) is 2. The molecule has 1 aliphatic heterocycles. The topological polar surface area (TPSA) is 104 Å². The second kappa shape index (κ2) is 12.1. The van der Waals surface area contributed by atoms with Gasteiger partial charge in [0.05, 0.1) is 9.79 Å². The molecule has 1 fully saturated rings. The number of hydrogen-bond donors (Lipinski definition) is 1. The molecule has 1 saturated heterocycles. The number of sulfonamides is 2. The third-order valence-corrected chi connectivity index (χ3v) is 9.88. The molecule has 1 amide bonds. The van der Waals surface area contributed by atoms with E-state index < -0.39 is 26.0 Å². The van der Waals surface area contributed by atoms with E-state index in [1.54, 1.807) is 24.3 Å². The highest BCUT2D eigenvalue weighted by molar-refractivity contribution is 7.89. The number of anilines is 1. The first-order chi connectivity index (χ1) is 16.7. The Bertz CT molecular complexity index is 1200. The second-order valence-electron chi connectivity index (χ2n) is 8.73. The minimum absolute atomic E-state index is 0.0905. The average molecular weight is 522 g/mol. The van der Waals surface area contributed by atoms with Crippen molar-refractivity contribution in [3.63, 3.8) is 0 Å². The lowest BCUT2D eigenvalue weighted by Gasteiger charge is -2.22. The summed E-state index contributed by atoms with van der Waals surface area (Å²) in [5.74, 6) is -0.466. The number of benzene rings is 2. The highest BCUT2D eigenvalue weighted by atomic mass is 32.2. The molecule has 1 N–H and O–H groups in total. The van der Waals surface area contributed by atoms with Crippen LogP contribution in [0.15, 0.2) is 58.3 Å². The van der Waals surface area contributed by atoms with Crippen molar-refractivity contribution in [2.24, 2.45) is 0 Å². The maximum atomic E-state index is 13.1. The standard InChI is InChI=1S/C25H35N3O5S2/c1-3-5-16-27(17-6-4-2)34(30,31)23-14-12-22(13-15-23)26-25(29)21-10-9-11-24(20-21)35(32,33)28-18-7-8-19-28/h9-15,20H,3-8,16-19H2,1-2H3,(H,26,29). The summed E-state index contributed by atoms with van der Waals surface area (Å²) in [5, 5.41) is 2.73. The van der Waals surface area contributed by atoms with Crippen LogP contribution in [0, 0.1) is 0 Å². The Labute approximate surface area is 209 Å². The molecule has 0 aliphatic carbocycles. The smallest absolute Gasteiger partial charge is 0.255 e. The van der Waals surface area contributed by atoms with Crippen LogP contribution in [0.25, 0.3) is 0 Å². The van der Waals surface area contributed by atoms with E-state index in [-0.39, 0.29) is 15.4 Å². The summed E-state index contributed by atoms with van der Waals surface area (Å²) in [4.78, 5) is 13.1. The minimum Gasteiger partial charge on any atom is -0.322 e. The molecule has 1 heterocycles. The van der Waals surface area contributed by atoms with Gasteiger partial charge in [-0.3, -0.25) is 4.79 Å². The molecule has 2 aromatic carbocycles. The normalized spacial score (nSPS) is 14.9. The number of unbranched alkanes of at least 4 members (excludes halogenated alkanes) is 2. The number of carbonyl (C=O) groups is 1. The van der Waals surface area contributed by atoms with Gasteiger partial charge >= 0.3 is 0 Å². The van der Waals surface area contributed by atoms with Crippen molar-refractivity contribution >= 4 is 31.6 Å². The van der Waals surface area contributed by atoms with Gasteiger partial charge < -0.3 is 5.32 Å². The van der Waals surface area contributed by atoms with Gasteiger partial charge in [0.2, 0.25) is 20.0 Å². The molecule has 8 nitrogen and oxygen atoms in total. The Morgan fingerprint density at radius 2 is 1.49 bits per heavy atom. The number of hydrogen-bond acceptors (Lipinski definition) is 5. The molecular weight excluding hydrogens is 486 g/mol. The number of carbonyl (C=O) groups excluding carboxylic acids is 1. The van der Waals surface area contributed by atoms with Crippen LogP contribution in [0.3, 0.4) is 0 Å². The van der Waals surface area contributed by atoms with Gasteiger partial charge in [0, 0.05) is 37.4 Å². The average Bonchev–Trinajstić information content (AvgIpc) is 3.40. The highest BCUT2D eigenvalue weighted by Gasteiger charge is 2.28. The van der Waals surface area contributed by atoms with Crippen LogP contribution in [0.4, 0.5) is 5.69 Å². The Kier molecular flexibility index (Phi) is 9.46. The van der Waals surface area contributed by atoms with Crippen LogP contribution in [-0.4, -0.2) is 57.5 Å². The molecule has 0 radical (unpaired) electrons. The summed E-state index contributed by atoms with van der Waals surface area (Å²) >= 11 is 0. The maximum Gasteiger partial charge on any atom is 0.255 e. The summed E-state index contributed by atoms with van der Waals surface area (Å²) in [5.41, 5.74) is 0.641. The Hall–Kier alpha value is -2.27. The van der Waals surface area contributed by atoms with Crippen molar-refractivity contribution < 1.29 is 21.6 Å². The molecule has 192 valence electrons. The van der Waals surface area contributed by atoms with Crippen LogP contribution in [-0.2, 0) is 20.0 Å². The molecular formula is C25H35N3O5S2. The lowest BCUT2D eigenvalue weighted by molar-refractivity contribution is 0.102. The zero-order valence-corrected chi connectivity index (χ0v) is 22.1. The van der Waals surface area contributed by atoms with Gasteiger partial charge in [-0.1, -0.05) is 32.8 Å². The van der Waals surface area contributed by atoms with Gasteiger partial charge in [-0.2, -0.15) is 8.61 Å². The first kappa shape index (κ1) is 27.3. The lowest BCUT2D eigenvalue weighted by atomic mass is 10.2.